The Labute approximate surface area is 149 Å². The molecule has 0 saturated heterocycles. The van der Waals surface area contributed by atoms with E-state index >= 15 is 0 Å². The molecule has 0 amide bonds. The maximum atomic E-state index is 12.8. The average molecular weight is 364 g/mol. The Balaban J connectivity index is 2.01. The molecule has 0 radical (unpaired) electrons. The van der Waals surface area contributed by atoms with Crippen LogP contribution in [0.3, 0.4) is 0 Å². The summed E-state index contributed by atoms with van der Waals surface area (Å²) < 4.78 is 1.15. The van der Waals surface area contributed by atoms with Gasteiger partial charge in [0.05, 0.1) is 5.39 Å². The molecule has 7 heteroatoms. The fourth-order valence-corrected chi connectivity index (χ4v) is 4.93. The van der Waals surface area contributed by atoms with Gasteiger partial charge >= 0.3 is 11.7 Å². The highest BCUT2D eigenvalue weighted by Gasteiger charge is 2.31. The summed E-state index contributed by atoms with van der Waals surface area (Å²) in [4.78, 5) is 40.4. The molecule has 1 aliphatic carbocycles. The molecule has 136 valence electrons. The van der Waals surface area contributed by atoms with Crippen molar-refractivity contribution in [1.29, 1.82) is 0 Å². The first-order valence-corrected chi connectivity index (χ1v) is 9.49. The standard InChI is InChI=1S/C18H24N2O4S/c1-18(2,3)10-6-7-11-12(9-10)25-15-14(11)16(23)20(17(24)19-15)8-4-5-13(21)22/h10H,4-9H2,1-3H3,(H,19,24)(H,21,22). The van der Waals surface area contributed by atoms with Crippen molar-refractivity contribution in [1.82, 2.24) is 9.55 Å². The van der Waals surface area contributed by atoms with Crippen molar-refractivity contribution in [3.8, 4) is 0 Å². The zero-order valence-corrected chi connectivity index (χ0v) is 15.7. The van der Waals surface area contributed by atoms with Gasteiger partial charge in [0.1, 0.15) is 4.83 Å². The topological polar surface area (TPSA) is 92.2 Å². The second-order valence-corrected chi connectivity index (χ2v) is 9.00. The summed E-state index contributed by atoms with van der Waals surface area (Å²) in [6, 6.07) is 0. The van der Waals surface area contributed by atoms with E-state index in [-0.39, 0.29) is 30.4 Å². The van der Waals surface area contributed by atoms with Gasteiger partial charge < -0.3 is 5.11 Å². The van der Waals surface area contributed by atoms with Crippen LogP contribution in [0.1, 0.15) is 50.5 Å². The number of rotatable bonds is 4. The largest absolute Gasteiger partial charge is 0.481 e. The Morgan fingerprint density at radius 2 is 2.08 bits per heavy atom. The average Bonchev–Trinajstić information content (AvgIpc) is 2.86. The van der Waals surface area contributed by atoms with Gasteiger partial charge in [0, 0.05) is 17.8 Å². The normalized spacial score (nSPS) is 17.6. The molecule has 0 aliphatic heterocycles. The molecule has 1 atom stereocenters. The number of carboxylic acid groups (broad SMARTS) is 1. The monoisotopic (exact) mass is 364 g/mol. The predicted octanol–water partition coefficient (Wildman–Crippen LogP) is 2.77. The van der Waals surface area contributed by atoms with Crippen molar-refractivity contribution in [2.75, 3.05) is 0 Å². The van der Waals surface area contributed by atoms with Crippen molar-refractivity contribution in [3.05, 3.63) is 31.3 Å². The second kappa shape index (κ2) is 6.44. The molecule has 0 aromatic carbocycles. The van der Waals surface area contributed by atoms with E-state index in [9.17, 15) is 14.4 Å². The number of thiophene rings is 1. The molecular formula is C18H24N2O4S. The number of carboxylic acids is 1. The molecule has 6 nitrogen and oxygen atoms in total. The van der Waals surface area contributed by atoms with E-state index in [4.69, 9.17) is 5.11 Å². The SMILES string of the molecule is CC(C)(C)C1CCc2c(sc3[nH]c(=O)n(CCCC(=O)O)c(=O)c23)C1. The number of hydrogen-bond donors (Lipinski definition) is 2. The lowest BCUT2D eigenvalue weighted by Crippen LogP contribution is -2.35. The summed E-state index contributed by atoms with van der Waals surface area (Å²) in [5, 5.41) is 9.37. The Bertz CT molecular complexity index is 929. The van der Waals surface area contributed by atoms with E-state index < -0.39 is 11.7 Å². The number of hydrogen-bond acceptors (Lipinski definition) is 4. The second-order valence-electron chi connectivity index (χ2n) is 7.90. The molecule has 0 spiro atoms. The fraction of sp³-hybridized carbons (Fsp3) is 0.611. The fourth-order valence-electron chi connectivity index (χ4n) is 3.62. The van der Waals surface area contributed by atoms with Crippen LogP contribution in [0.4, 0.5) is 0 Å². The van der Waals surface area contributed by atoms with Gasteiger partial charge in [-0.2, -0.15) is 0 Å². The Morgan fingerprint density at radius 3 is 2.72 bits per heavy atom. The molecule has 1 unspecified atom stereocenters. The molecule has 0 bridgehead atoms. The molecular weight excluding hydrogens is 340 g/mol. The van der Waals surface area contributed by atoms with Gasteiger partial charge in [-0.25, -0.2) is 4.79 Å². The van der Waals surface area contributed by atoms with Crippen LogP contribution in [0.15, 0.2) is 9.59 Å². The van der Waals surface area contributed by atoms with Crippen LogP contribution in [0.25, 0.3) is 10.2 Å². The number of nitrogens with zero attached hydrogens (tertiary/aromatic N) is 1. The first-order chi connectivity index (χ1) is 11.7. The number of aliphatic carboxylic acids is 1. The number of nitrogens with one attached hydrogen (secondary N) is 1. The number of fused-ring (bicyclic) bond motifs is 3. The highest BCUT2D eigenvalue weighted by Crippen LogP contribution is 2.41. The number of H-pyrrole nitrogens is 1. The third kappa shape index (κ3) is 3.42. The summed E-state index contributed by atoms with van der Waals surface area (Å²) in [6.07, 6.45) is 3.05. The molecule has 0 saturated carbocycles. The van der Waals surface area contributed by atoms with E-state index in [0.717, 1.165) is 29.4 Å². The van der Waals surface area contributed by atoms with E-state index in [1.807, 2.05) is 0 Å². The summed E-state index contributed by atoms with van der Waals surface area (Å²) in [5.74, 6) is -0.357. The molecule has 2 aromatic rings. The lowest BCUT2D eigenvalue weighted by Gasteiger charge is -2.33. The van der Waals surface area contributed by atoms with E-state index in [0.29, 0.717) is 16.1 Å². The Hall–Kier alpha value is -1.89. The van der Waals surface area contributed by atoms with Crippen LogP contribution in [-0.2, 0) is 24.2 Å². The zero-order chi connectivity index (χ0) is 18.4. The van der Waals surface area contributed by atoms with Crippen LogP contribution in [-0.4, -0.2) is 20.6 Å². The van der Waals surface area contributed by atoms with E-state index in [2.05, 4.69) is 25.8 Å². The van der Waals surface area contributed by atoms with Crippen LogP contribution in [0, 0.1) is 11.3 Å². The lowest BCUT2D eigenvalue weighted by molar-refractivity contribution is -0.137. The Kier molecular flexibility index (Phi) is 4.62. The third-order valence-electron chi connectivity index (χ3n) is 5.19. The van der Waals surface area contributed by atoms with E-state index in [1.165, 1.54) is 16.2 Å². The predicted molar refractivity (Wildman–Crippen MR) is 98.5 cm³/mol. The molecule has 2 aromatic heterocycles. The molecule has 3 rings (SSSR count). The first kappa shape index (κ1) is 17.9. The van der Waals surface area contributed by atoms with Crippen molar-refractivity contribution >= 4 is 27.5 Å². The zero-order valence-electron chi connectivity index (χ0n) is 14.8. The van der Waals surface area contributed by atoms with Gasteiger partial charge in [0.2, 0.25) is 0 Å². The lowest BCUT2D eigenvalue weighted by atomic mass is 9.72. The van der Waals surface area contributed by atoms with Crippen molar-refractivity contribution in [3.63, 3.8) is 0 Å². The summed E-state index contributed by atoms with van der Waals surface area (Å²) in [6.45, 7) is 6.86. The molecule has 2 N–H and O–H groups in total. The van der Waals surface area contributed by atoms with Gasteiger partial charge in [0.25, 0.3) is 5.56 Å². The number of carbonyl (C=O) groups is 1. The summed E-state index contributed by atoms with van der Waals surface area (Å²) in [7, 11) is 0. The van der Waals surface area contributed by atoms with Gasteiger partial charge in [0.15, 0.2) is 0 Å². The van der Waals surface area contributed by atoms with Crippen molar-refractivity contribution in [2.45, 2.75) is 59.4 Å². The van der Waals surface area contributed by atoms with Crippen LogP contribution in [0.2, 0.25) is 0 Å². The van der Waals surface area contributed by atoms with E-state index in [1.54, 1.807) is 0 Å². The van der Waals surface area contributed by atoms with Crippen LogP contribution < -0.4 is 11.2 Å². The highest BCUT2D eigenvalue weighted by molar-refractivity contribution is 7.18. The maximum Gasteiger partial charge on any atom is 0.329 e. The minimum absolute atomic E-state index is 0.0566. The first-order valence-electron chi connectivity index (χ1n) is 8.67. The third-order valence-corrected chi connectivity index (χ3v) is 6.36. The molecule has 1 aliphatic rings. The van der Waals surface area contributed by atoms with Gasteiger partial charge in [-0.15, -0.1) is 11.3 Å². The summed E-state index contributed by atoms with van der Waals surface area (Å²) >= 11 is 1.52. The van der Waals surface area contributed by atoms with Gasteiger partial charge in [-0.3, -0.25) is 19.1 Å². The minimum atomic E-state index is -0.924. The van der Waals surface area contributed by atoms with Gasteiger partial charge in [-0.05, 0) is 42.6 Å². The molecule has 0 fully saturated rings. The van der Waals surface area contributed by atoms with Crippen molar-refractivity contribution in [2.24, 2.45) is 11.3 Å². The van der Waals surface area contributed by atoms with Gasteiger partial charge in [-0.1, -0.05) is 20.8 Å². The Morgan fingerprint density at radius 1 is 1.36 bits per heavy atom. The number of aromatic amines is 1. The van der Waals surface area contributed by atoms with Crippen molar-refractivity contribution < 1.29 is 9.90 Å². The quantitative estimate of drug-likeness (QED) is 0.872. The number of aryl methyl sites for hydroxylation is 1. The smallest absolute Gasteiger partial charge is 0.329 e. The maximum absolute atomic E-state index is 12.8. The minimum Gasteiger partial charge on any atom is -0.481 e. The highest BCUT2D eigenvalue weighted by atomic mass is 32.1. The van der Waals surface area contributed by atoms with Crippen LogP contribution in [0.5, 0.6) is 0 Å². The summed E-state index contributed by atoms with van der Waals surface area (Å²) in [5.41, 5.74) is 0.566. The van der Waals surface area contributed by atoms with Crippen LogP contribution >= 0.6 is 11.3 Å². The molecule has 2 heterocycles. The molecule has 25 heavy (non-hydrogen) atoms. The number of aromatic nitrogens is 2.